The lowest BCUT2D eigenvalue weighted by Crippen LogP contribution is -2.46. The van der Waals surface area contributed by atoms with Crippen LogP contribution in [0.3, 0.4) is 0 Å². The number of aryl methyl sites for hydroxylation is 1. The molecule has 5 nitrogen and oxygen atoms in total. The molecule has 1 aromatic heterocycles. The largest absolute Gasteiger partial charge is 0.325 e. The molecule has 1 N–H and O–H groups in total. The minimum atomic E-state index is -0.717. The zero-order valence-electron chi connectivity index (χ0n) is 14.0. The number of carbonyl (C=O) groups is 1. The summed E-state index contributed by atoms with van der Waals surface area (Å²) in [5.74, 6) is -1.69. The molecule has 1 saturated heterocycles. The zero-order chi connectivity index (χ0) is 17.8. The summed E-state index contributed by atoms with van der Waals surface area (Å²) in [7, 11) is 0. The van der Waals surface area contributed by atoms with Crippen LogP contribution in [0.4, 0.5) is 14.5 Å². The Hall–Kier alpha value is -2.41. The molecule has 2 heterocycles. The molecule has 0 spiro atoms. The molecule has 1 aromatic carbocycles. The van der Waals surface area contributed by atoms with Gasteiger partial charge < -0.3 is 5.32 Å². The summed E-state index contributed by atoms with van der Waals surface area (Å²) in [6.07, 6.45) is 6.04. The fourth-order valence-electron chi connectivity index (χ4n) is 3.04. The van der Waals surface area contributed by atoms with Gasteiger partial charge in [-0.25, -0.2) is 8.78 Å². The molecule has 1 aliphatic heterocycles. The minimum absolute atomic E-state index is 0.128. The second-order valence-corrected chi connectivity index (χ2v) is 6.28. The van der Waals surface area contributed by atoms with Crippen LogP contribution in [0.25, 0.3) is 0 Å². The fourth-order valence-corrected chi connectivity index (χ4v) is 3.04. The van der Waals surface area contributed by atoms with Crippen molar-refractivity contribution in [2.24, 2.45) is 0 Å². The average Bonchev–Trinajstić information content (AvgIpc) is 2.56. The Kier molecular flexibility index (Phi) is 5.33. The van der Waals surface area contributed by atoms with E-state index in [9.17, 15) is 13.6 Å². The molecule has 25 heavy (non-hydrogen) atoms. The monoisotopic (exact) mass is 346 g/mol. The summed E-state index contributed by atoms with van der Waals surface area (Å²) in [5.41, 5.74) is 1.76. The standard InChI is InChI=1S/C18H20F2N4O/c1-12-9-22-16(10-21-12)11-24-5-3-2-4-17(24)18(25)23-15-7-13(19)6-14(20)8-15/h6-10,17H,2-5,11H2,1H3,(H,23,25)/t17-/m1/s1. The van der Waals surface area contributed by atoms with Crippen LogP contribution in [0, 0.1) is 18.6 Å². The highest BCUT2D eigenvalue weighted by Crippen LogP contribution is 2.21. The Morgan fingerprint density at radius 2 is 1.96 bits per heavy atom. The molecular weight excluding hydrogens is 326 g/mol. The van der Waals surface area contributed by atoms with Gasteiger partial charge in [0.25, 0.3) is 0 Å². The van der Waals surface area contributed by atoms with Crippen LogP contribution in [-0.4, -0.2) is 33.4 Å². The lowest BCUT2D eigenvalue weighted by atomic mass is 10.0. The number of benzene rings is 1. The van der Waals surface area contributed by atoms with Gasteiger partial charge in [0.15, 0.2) is 0 Å². The van der Waals surface area contributed by atoms with Gasteiger partial charge in [0, 0.05) is 30.7 Å². The van der Waals surface area contributed by atoms with Crippen molar-refractivity contribution in [3.8, 4) is 0 Å². The van der Waals surface area contributed by atoms with Crippen molar-refractivity contribution in [2.75, 3.05) is 11.9 Å². The van der Waals surface area contributed by atoms with Gasteiger partial charge in [0.05, 0.1) is 17.4 Å². The number of nitrogens with one attached hydrogen (secondary N) is 1. The first-order valence-corrected chi connectivity index (χ1v) is 8.30. The number of nitrogens with zero attached hydrogens (tertiary/aromatic N) is 3. The van der Waals surface area contributed by atoms with Crippen molar-refractivity contribution in [1.82, 2.24) is 14.9 Å². The van der Waals surface area contributed by atoms with E-state index in [4.69, 9.17) is 0 Å². The summed E-state index contributed by atoms with van der Waals surface area (Å²) in [4.78, 5) is 23.2. The Bertz CT molecular complexity index is 731. The van der Waals surface area contributed by atoms with E-state index in [1.807, 2.05) is 11.8 Å². The van der Waals surface area contributed by atoms with E-state index in [2.05, 4.69) is 15.3 Å². The van der Waals surface area contributed by atoms with Gasteiger partial charge in [0.2, 0.25) is 5.91 Å². The van der Waals surface area contributed by atoms with E-state index in [1.54, 1.807) is 12.4 Å². The number of amides is 1. The third-order valence-corrected chi connectivity index (χ3v) is 4.25. The van der Waals surface area contributed by atoms with E-state index in [1.165, 1.54) is 0 Å². The summed E-state index contributed by atoms with van der Waals surface area (Å²) in [5, 5.41) is 2.62. The van der Waals surface area contributed by atoms with Crippen LogP contribution < -0.4 is 5.32 Å². The van der Waals surface area contributed by atoms with Crippen LogP contribution >= 0.6 is 0 Å². The Balaban J connectivity index is 1.71. The van der Waals surface area contributed by atoms with Crippen molar-refractivity contribution >= 4 is 11.6 Å². The van der Waals surface area contributed by atoms with Crippen molar-refractivity contribution < 1.29 is 13.6 Å². The maximum atomic E-state index is 13.3. The first-order chi connectivity index (χ1) is 12.0. The van der Waals surface area contributed by atoms with Crippen LogP contribution in [0.15, 0.2) is 30.6 Å². The number of anilines is 1. The molecule has 0 radical (unpaired) electrons. The lowest BCUT2D eigenvalue weighted by Gasteiger charge is -2.34. The van der Waals surface area contributed by atoms with Crippen LogP contribution in [-0.2, 0) is 11.3 Å². The van der Waals surface area contributed by atoms with Crippen LogP contribution in [0.5, 0.6) is 0 Å². The van der Waals surface area contributed by atoms with Gasteiger partial charge in [-0.15, -0.1) is 0 Å². The second-order valence-electron chi connectivity index (χ2n) is 6.28. The van der Waals surface area contributed by atoms with Crippen molar-refractivity contribution in [3.63, 3.8) is 0 Å². The predicted octanol–water partition coefficient (Wildman–Crippen LogP) is 3.06. The molecule has 1 fully saturated rings. The van der Waals surface area contributed by atoms with Crippen molar-refractivity contribution in [3.05, 3.63) is 53.6 Å². The highest BCUT2D eigenvalue weighted by molar-refractivity contribution is 5.94. The zero-order valence-corrected chi connectivity index (χ0v) is 14.0. The molecule has 2 aromatic rings. The average molecular weight is 346 g/mol. The molecule has 7 heteroatoms. The topological polar surface area (TPSA) is 58.1 Å². The molecule has 132 valence electrons. The molecule has 0 bridgehead atoms. The number of likely N-dealkylation sites (tertiary alicyclic amines) is 1. The number of aromatic nitrogens is 2. The third kappa shape index (κ3) is 4.57. The van der Waals surface area contributed by atoms with E-state index in [0.29, 0.717) is 13.0 Å². The summed E-state index contributed by atoms with van der Waals surface area (Å²) < 4.78 is 26.6. The van der Waals surface area contributed by atoms with E-state index in [0.717, 1.165) is 49.0 Å². The number of hydrogen-bond acceptors (Lipinski definition) is 4. The Morgan fingerprint density at radius 1 is 1.20 bits per heavy atom. The summed E-state index contributed by atoms with van der Waals surface area (Å²) in [6, 6.07) is 2.64. The van der Waals surface area contributed by atoms with Gasteiger partial charge >= 0.3 is 0 Å². The van der Waals surface area contributed by atoms with Crippen molar-refractivity contribution in [2.45, 2.75) is 38.8 Å². The van der Waals surface area contributed by atoms with Gasteiger partial charge in [-0.1, -0.05) is 6.42 Å². The molecule has 3 rings (SSSR count). The fraction of sp³-hybridized carbons (Fsp3) is 0.389. The van der Waals surface area contributed by atoms with E-state index < -0.39 is 11.6 Å². The molecule has 1 atom stereocenters. The highest BCUT2D eigenvalue weighted by Gasteiger charge is 2.29. The maximum absolute atomic E-state index is 13.3. The molecule has 0 unspecified atom stereocenters. The van der Waals surface area contributed by atoms with Crippen LogP contribution in [0.2, 0.25) is 0 Å². The summed E-state index contributed by atoms with van der Waals surface area (Å²) >= 11 is 0. The number of piperidine rings is 1. The third-order valence-electron chi connectivity index (χ3n) is 4.25. The predicted molar refractivity (Wildman–Crippen MR) is 89.8 cm³/mol. The number of rotatable bonds is 4. The smallest absolute Gasteiger partial charge is 0.241 e. The molecule has 1 amide bonds. The lowest BCUT2D eigenvalue weighted by molar-refractivity contribution is -0.122. The van der Waals surface area contributed by atoms with Crippen molar-refractivity contribution in [1.29, 1.82) is 0 Å². The van der Waals surface area contributed by atoms with Gasteiger partial charge in [-0.05, 0) is 38.4 Å². The van der Waals surface area contributed by atoms with Gasteiger partial charge in [-0.2, -0.15) is 0 Å². The van der Waals surface area contributed by atoms with Crippen LogP contribution in [0.1, 0.15) is 30.7 Å². The highest BCUT2D eigenvalue weighted by atomic mass is 19.1. The summed E-state index contributed by atoms with van der Waals surface area (Å²) in [6.45, 7) is 3.15. The minimum Gasteiger partial charge on any atom is -0.325 e. The Labute approximate surface area is 145 Å². The normalized spacial score (nSPS) is 18.1. The number of hydrogen-bond donors (Lipinski definition) is 1. The van der Waals surface area contributed by atoms with E-state index >= 15 is 0 Å². The van der Waals surface area contributed by atoms with E-state index in [-0.39, 0.29) is 17.6 Å². The molecular formula is C18H20F2N4O. The van der Waals surface area contributed by atoms with Gasteiger partial charge in [0.1, 0.15) is 11.6 Å². The second kappa shape index (κ2) is 7.65. The first-order valence-electron chi connectivity index (χ1n) is 8.30. The Morgan fingerprint density at radius 3 is 2.64 bits per heavy atom. The molecule has 0 aliphatic carbocycles. The number of carbonyl (C=O) groups excluding carboxylic acids is 1. The SMILES string of the molecule is Cc1cnc(CN2CCCC[C@@H]2C(=O)Nc2cc(F)cc(F)c2)cn1. The quantitative estimate of drug-likeness (QED) is 0.924. The molecule has 0 saturated carbocycles. The maximum Gasteiger partial charge on any atom is 0.241 e. The number of halogens is 2. The first kappa shape index (κ1) is 17.4. The molecule has 1 aliphatic rings. The van der Waals surface area contributed by atoms with Gasteiger partial charge in [-0.3, -0.25) is 19.7 Å².